The lowest BCUT2D eigenvalue weighted by molar-refractivity contribution is -0.135. The molecule has 0 spiro atoms. The Morgan fingerprint density at radius 2 is 2.13 bits per heavy atom. The molecule has 0 aliphatic carbocycles. The molecule has 0 unspecified atom stereocenters. The van der Waals surface area contributed by atoms with E-state index in [1.807, 2.05) is 0 Å². The molecular formula is C10H13NO4. The molecule has 0 saturated carbocycles. The fourth-order valence-corrected chi connectivity index (χ4v) is 2.05. The first kappa shape index (κ1) is 10.0. The molecular weight excluding hydrogens is 198 g/mol. The number of allylic oxidation sites excluding steroid dienone is 1. The van der Waals surface area contributed by atoms with Gasteiger partial charge in [-0.1, -0.05) is 0 Å². The first-order valence-corrected chi connectivity index (χ1v) is 5.10. The van der Waals surface area contributed by atoms with Gasteiger partial charge < -0.3 is 9.84 Å². The van der Waals surface area contributed by atoms with Crippen LogP contribution in [0.2, 0.25) is 0 Å². The van der Waals surface area contributed by atoms with Gasteiger partial charge in [0.25, 0.3) is 0 Å². The third-order valence-electron chi connectivity index (χ3n) is 2.78. The fourth-order valence-electron chi connectivity index (χ4n) is 2.05. The predicted molar refractivity (Wildman–Crippen MR) is 51.2 cm³/mol. The number of carbonyl (C=O) groups excluding carboxylic acids is 1. The average Bonchev–Trinajstić information content (AvgIpc) is 2.64. The van der Waals surface area contributed by atoms with Crippen LogP contribution in [0.1, 0.15) is 25.7 Å². The van der Waals surface area contributed by atoms with Gasteiger partial charge in [0.15, 0.2) is 0 Å². The van der Waals surface area contributed by atoms with Crippen molar-refractivity contribution in [1.29, 1.82) is 0 Å². The number of rotatable bonds is 0. The van der Waals surface area contributed by atoms with E-state index < -0.39 is 6.09 Å². The van der Waals surface area contributed by atoms with Gasteiger partial charge in [-0.3, -0.25) is 4.90 Å². The van der Waals surface area contributed by atoms with Gasteiger partial charge in [0.2, 0.25) is 0 Å². The lowest BCUT2D eigenvalue weighted by atomic mass is 10.0. The minimum absolute atomic E-state index is 0.349. The smallest absolute Gasteiger partial charge is 0.411 e. The summed E-state index contributed by atoms with van der Waals surface area (Å²) in [5.74, 6) is -0.349. The molecule has 2 heterocycles. The predicted octanol–water partition coefficient (Wildman–Crippen LogP) is 1.35. The zero-order valence-electron chi connectivity index (χ0n) is 8.36. The van der Waals surface area contributed by atoms with Crippen LogP contribution in [0.25, 0.3) is 0 Å². The highest BCUT2D eigenvalue weighted by Gasteiger charge is 2.30. The van der Waals surface area contributed by atoms with Gasteiger partial charge in [0, 0.05) is 18.7 Å². The number of likely N-dealkylation sites (tertiary alicyclic amines) is 1. The van der Waals surface area contributed by atoms with Crippen molar-refractivity contribution < 1.29 is 19.4 Å². The maximum Gasteiger partial charge on any atom is 0.411 e. The molecule has 0 radical (unpaired) electrons. The topological polar surface area (TPSA) is 66.8 Å². The molecule has 0 aromatic rings. The van der Waals surface area contributed by atoms with Crippen molar-refractivity contribution in [2.45, 2.75) is 25.7 Å². The van der Waals surface area contributed by atoms with E-state index in [0.717, 1.165) is 12.8 Å². The number of carboxylic acid groups (broad SMARTS) is 1. The largest absolute Gasteiger partial charge is 0.465 e. The van der Waals surface area contributed by atoms with E-state index in [1.54, 1.807) is 0 Å². The average molecular weight is 211 g/mol. The minimum atomic E-state index is -0.975. The van der Waals surface area contributed by atoms with Crippen LogP contribution in [0.15, 0.2) is 11.3 Å². The van der Waals surface area contributed by atoms with Crippen LogP contribution in [-0.2, 0) is 9.53 Å². The highest BCUT2D eigenvalue weighted by molar-refractivity contribution is 5.91. The summed E-state index contributed by atoms with van der Waals surface area (Å²) in [5, 5.41) is 8.99. The normalized spacial score (nSPS) is 26.7. The standard InChI is InChI=1S/C10H13NO4/c12-9-7(4-6-15-9)8-3-1-2-5-11(8)10(13)14/h1-6H2,(H,13,14)/b8-7-. The summed E-state index contributed by atoms with van der Waals surface area (Å²) in [7, 11) is 0. The summed E-state index contributed by atoms with van der Waals surface area (Å²) < 4.78 is 4.83. The quantitative estimate of drug-likeness (QED) is 0.485. The molecule has 1 amide bonds. The molecule has 0 aromatic carbocycles. The molecule has 5 heteroatoms. The Morgan fingerprint density at radius 1 is 1.33 bits per heavy atom. The highest BCUT2D eigenvalue weighted by atomic mass is 16.5. The van der Waals surface area contributed by atoms with Crippen molar-refractivity contribution in [1.82, 2.24) is 4.90 Å². The summed E-state index contributed by atoms with van der Waals surface area (Å²) in [4.78, 5) is 23.6. The van der Waals surface area contributed by atoms with E-state index in [9.17, 15) is 9.59 Å². The number of carbonyl (C=O) groups is 2. The van der Waals surface area contributed by atoms with E-state index in [4.69, 9.17) is 9.84 Å². The van der Waals surface area contributed by atoms with Gasteiger partial charge in [0.05, 0.1) is 12.2 Å². The van der Waals surface area contributed by atoms with Gasteiger partial charge in [-0.05, 0) is 19.3 Å². The highest BCUT2D eigenvalue weighted by Crippen LogP contribution is 2.28. The second-order valence-electron chi connectivity index (χ2n) is 3.70. The van der Waals surface area contributed by atoms with Gasteiger partial charge in [-0.2, -0.15) is 0 Å². The fraction of sp³-hybridized carbons (Fsp3) is 0.600. The monoisotopic (exact) mass is 211 g/mol. The van der Waals surface area contributed by atoms with Crippen molar-refractivity contribution >= 4 is 12.1 Å². The number of piperidine rings is 1. The Balaban J connectivity index is 2.31. The molecule has 1 N–H and O–H groups in total. The lowest BCUT2D eigenvalue weighted by Gasteiger charge is -2.27. The summed E-state index contributed by atoms with van der Waals surface area (Å²) >= 11 is 0. The van der Waals surface area contributed by atoms with Crippen LogP contribution in [0.4, 0.5) is 4.79 Å². The van der Waals surface area contributed by atoms with Crippen molar-refractivity contribution in [3.05, 3.63) is 11.3 Å². The van der Waals surface area contributed by atoms with Crippen LogP contribution in [0.5, 0.6) is 0 Å². The van der Waals surface area contributed by atoms with Crippen LogP contribution < -0.4 is 0 Å². The number of nitrogens with zero attached hydrogens (tertiary/aromatic N) is 1. The number of cyclic esters (lactones) is 1. The Labute approximate surface area is 87.3 Å². The number of amides is 1. The molecule has 82 valence electrons. The van der Waals surface area contributed by atoms with Crippen LogP contribution >= 0.6 is 0 Å². The summed E-state index contributed by atoms with van der Waals surface area (Å²) in [5.41, 5.74) is 1.20. The SMILES string of the molecule is O=C1OCC/C1=C1\CCCCN1C(=O)O. The second-order valence-corrected chi connectivity index (χ2v) is 3.70. The van der Waals surface area contributed by atoms with E-state index in [1.165, 1.54) is 4.90 Å². The number of ether oxygens (including phenoxy) is 1. The Bertz CT molecular complexity index is 334. The van der Waals surface area contributed by atoms with Crippen LogP contribution in [0, 0.1) is 0 Å². The van der Waals surface area contributed by atoms with Crippen molar-refractivity contribution in [3.8, 4) is 0 Å². The van der Waals surface area contributed by atoms with Crippen molar-refractivity contribution in [2.24, 2.45) is 0 Å². The molecule has 2 fully saturated rings. The van der Waals surface area contributed by atoms with Gasteiger partial charge in [0.1, 0.15) is 0 Å². The molecule has 0 bridgehead atoms. The van der Waals surface area contributed by atoms with Gasteiger partial charge in [-0.15, -0.1) is 0 Å². The molecule has 0 aromatic heterocycles. The molecule has 2 saturated heterocycles. The van der Waals surface area contributed by atoms with Gasteiger partial charge in [-0.25, -0.2) is 9.59 Å². The number of hydrogen-bond donors (Lipinski definition) is 1. The summed E-state index contributed by atoms with van der Waals surface area (Å²) in [6.45, 7) is 0.868. The van der Waals surface area contributed by atoms with Crippen LogP contribution in [-0.4, -0.2) is 35.2 Å². The van der Waals surface area contributed by atoms with E-state index in [2.05, 4.69) is 0 Å². The van der Waals surface area contributed by atoms with E-state index in [0.29, 0.717) is 37.3 Å². The van der Waals surface area contributed by atoms with Crippen LogP contribution in [0.3, 0.4) is 0 Å². The zero-order valence-corrected chi connectivity index (χ0v) is 8.36. The Morgan fingerprint density at radius 3 is 2.73 bits per heavy atom. The van der Waals surface area contributed by atoms with Gasteiger partial charge >= 0.3 is 12.1 Å². The molecule has 2 aliphatic heterocycles. The van der Waals surface area contributed by atoms with Crippen molar-refractivity contribution in [3.63, 3.8) is 0 Å². The number of hydrogen-bond acceptors (Lipinski definition) is 3. The Hall–Kier alpha value is -1.52. The molecule has 2 aliphatic rings. The third-order valence-corrected chi connectivity index (χ3v) is 2.78. The maximum absolute atomic E-state index is 11.3. The molecule has 5 nitrogen and oxygen atoms in total. The zero-order chi connectivity index (χ0) is 10.8. The third kappa shape index (κ3) is 1.82. The second kappa shape index (κ2) is 3.92. The van der Waals surface area contributed by atoms with E-state index >= 15 is 0 Å². The lowest BCUT2D eigenvalue weighted by Crippen LogP contribution is -2.34. The summed E-state index contributed by atoms with van der Waals surface area (Å²) in [6, 6.07) is 0. The number of esters is 1. The first-order valence-electron chi connectivity index (χ1n) is 5.10. The molecule has 15 heavy (non-hydrogen) atoms. The maximum atomic E-state index is 11.3. The summed E-state index contributed by atoms with van der Waals surface area (Å²) in [6.07, 6.45) is 2.03. The molecule has 2 rings (SSSR count). The first-order chi connectivity index (χ1) is 7.20. The Kier molecular flexibility index (Phi) is 2.62. The molecule has 0 atom stereocenters. The van der Waals surface area contributed by atoms with Crippen molar-refractivity contribution in [2.75, 3.05) is 13.2 Å². The minimum Gasteiger partial charge on any atom is -0.465 e. The van der Waals surface area contributed by atoms with E-state index in [-0.39, 0.29) is 5.97 Å².